The summed E-state index contributed by atoms with van der Waals surface area (Å²) in [4.78, 5) is 25.6. The molecule has 0 aliphatic heterocycles. The SMILES string of the molecule is Cc1c(C(CC2CCCC2)C(=O)O)c2c(F)c(O)ccc2n1C(=O)c1ccc(Cl)cc1. The minimum atomic E-state index is -1.06. The molecule has 0 spiro atoms. The van der Waals surface area contributed by atoms with Gasteiger partial charge in [-0.25, -0.2) is 4.39 Å². The zero-order valence-corrected chi connectivity index (χ0v) is 17.8. The van der Waals surface area contributed by atoms with Crippen LogP contribution < -0.4 is 0 Å². The van der Waals surface area contributed by atoms with Crippen molar-refractivity contribution >= 4 is 34.4 Å². The first-order valence-electron chi connectivity index (χ1n) is 10.3. The van der Waals surface area contributed by atoms with Crippen LogP contribution in [0.1, 0.15) is 59.6 Å². The number of hydrogen-bond donors (Lipinski definition) is 2. The Kier molecular flexibility index (Phi) is 5.75. The lowest BCUT2D eigenvalue weighted by atomic mass is 9.86. The van der Waals surface area contributed by atoms with Gasteiger partial charge in [0.2, 0.25) is 0 Å². The second kappa shape index (κ2) is 8.35. The summed E-state index contributed by atoms with van der Waals surface area (Å²) in [5.41, 5.74) is 1.20. The number of hydrogen-bond acceptors (Lipinski definition) is 3. The number of carboxylic acids is 1. The van der Waals surface area contributed by atoms with Crippen LogP contribution in [0, 0.1) is 18.7 Å². The summed E-state index contributed by atoms with van der Waals surface area (Å²) in [5, 5.41) is 20.5. The molecule has 162 valence electrons. The molecule has 0 amide bonds. The summed E-state index contributed by atoms with van der Waals surface area (Å²) in [5.74, 6) is -3.69. The Hall–Kier alpha value is -2.86. The highest BCUT2D eigenvalue weighted by Gasteiger charge is 2.34. The molecule has 1 aliphatic rings. The molecule has 2 aromatic carbocycles. The summed E-state index contributed by atoms with van der Waals surface area (Å²) >= 11 is 5.93. The Morgan fingerprint density at radius 2 is 1.81 bits per heavy atom. The summed E-state index contributed by atoms with van der Waals surface area (Å²) in [7, 11) is 0. The van der Waals surface area contributed by atoms with E-state index in [4.69, 9.17) is 11.6 Å². The van der Waals surface area contributed by atoms with E-state index in [9.17, 15) is 19.8 Å². The molecule has 3 aromatic rings. The number of benzene rings is 2. The first-order chi connectivity index (χ1) is 14.8. The minimum absolute atomic E-state index is 0.00906. The zero-order valence-electron chi connectivity index (χ0n) is 17.1. The van der Waals surface area contributed by atoms with E-state index in [1.807, 2.05) is 0 Å². The van der Waals surface area contributed by atoms with Gasteiger partial charge in [-0.3, -0.25) is 14.2 Å². The first-order valence-corrected chi connectivity index (χ1v) is 10.7. The molecule has 7 heteroatoms. The number of aromatic nitrogens is 1. The van der Waals surface area contributed by atoms with Gasteiger partial charge in [-0.15, -0.1) is 0 Å². The molecular formula is C24H23ClFNO4. The number of phenols is 1. The lowest BCUT2D eigenvalue weighted by molar-refractivity contribution is -0.139. The van der Waals surface area contributed by atoms with Crippen molar-refractivity contribution in [2.24, 2.45) is 5.92 Å². The number of nitrogens with zero attached hydrogens (tertiary/aromatic N) is 1. The Morgan fingerprint density at radius 3 is 2.42 bits per heavy atom. The molecule has 0 saturated heterocycles. The smallest absolute Gasteiger partial charge is 0.311 e. The molecule has 1 heterocycles. The molecule has 0 bridgehead atoms. The Balaban J connectivity index is 1.93. The molecule has 5 nitrogen and oxygen atoms in total. The number of carboxylic acid groups (broad SMARTS) is 1. The van der Waals surface area contributed by atoms with E-state index < -0.39 is 29.4 Å². The van der Waals surface area contributed by atoms with Gasteiger partial charge < -0.3 is 10.2 Å². The molecule has 1 atom stereocenters. The molecule has 1 saturated carbocycles. The van der Waals surface area contributed by atoms with Crippen molar-refractivity contribution in [3.05, 3.63) is 64.1 Å². The third-order valence-electron chi connectivity index (χ3n) is 6.32. The van der Waals surface area contributed by atoms with Gasteiger partial charge in [0.05, 0.1) is 11.4 Å². The molecular weight excluding hydrogens is 421 g/mol. The van der Waals surface area contributed by atoms with Crippen LogP contribution in [0.5, 0.6) is 5.75 Å². The summed E-state index contributed by atoms with van der Waals surface area (Å²) in [6.07, 6.45) is 4.38. The molecule has 1 aliphatic carbocycles. The van der Waals surface area contributed by atoms with Crippen molar-refractivity contribution in [1.29, 1.82) is 0 Å². The molecule has 31 heavy (non-hydrogen) atoms. The fourth-order valence-electron chi connectivity index (χ4n) is 4.81. The van der Waals surface area contributed by atoms with Gasteiger partial charge in [0.15, 0.2) is 11.6 Å². The topological polar surface area (TPSA) is 79.5 Å². The van der Waals surface area contributed by atoms with Crippen LogP contribution in [0.2, 0.25) is 5.02 Å². The van der Waals surface area contributed by atoms with Crippen molar-refractivity contribution < 1.29 is 24.2 Å². The largest absolute Gasteiger partial charge is 0.505 e. The van der Waals surface area contributed by atoms with Crippen molar-refractivity contribution in [2.45, 2.75) is 44.9 Å². The Labute approximate surface area is 184 Å². The summed E-state index contributed by atoms with van der Waals surface area (Å²) in [6.45, 7) is 1.63. The van der Waals surface area contributed by atoms with Crippen molar-refractivity contribution in [3.8, 4) is 5.75 Å². The number of aromatic hydroxyl groups is 1. The highest BCUT2D eigenvalue weighted by atomic mass is 35.5. The van der Waals surface area contributed by atoms with Crippen molar-refractivity contribution in [1.82, 2.24) is 4.57 Å². The summed E-state index contributed by atoms with van der Waals surface area (Å²) < 4.78 is 16.5. The van der Waals surface area contributed by atoms with Crippen LogP contribution in [0.15, 0.2) is 36.4 Å². The standard InChI is InChI=1S/C24H23ClFNO4/c1-13-20(17(24(30)31)12-14-4-2-3-5-14)21-18(10-11-19(28)22(21)26)27(13)23(29)15-6-8-16(25)9-7-15/h6-11,14,17,28H,2-5,12H2,1H3,(H,30,31). The van der Waals surface area contributed by atoms with E-state index in [0.717, 1.165) is 25.7 Å². The lowest BCUT2D eigenvalue weighted by Gasteiger charge is -2.18. The van der Waals surface area contributed by atoms with Crippen molar-refractivity contribution in [3.63, 3.8) is 0 Å². The van der Waals surface area contributed by atoms with Crippen LogP contribution in [0.3, 0.4) is 0 Å². The predicted molar refractivity (Wildman–Crippen MR) is 116 cm³/mol. The maximum absolute atomic E-state index is 15.1. The molecule has 2 N–H and O–H groups in total. The third-order valence-corrected chi connectivity index (χ3v) is 6.57. The molecule has 0 radical (unpaired) electrons. The molecule has 1 fully saturated rings. The quantitative estimate of drug-likeness (QED) is 0.515. The number of aliphatic carboxylic acids is 1. The Morgan fingerprint density at radius 1 is 1.16 bits per heavy atom. The van der Waals surface area contributed by atoms with Gasteiger partial charge in [-0.1, -0.05) is 37.3 Å². The maximum atomic E-state index is 15.1. The molecule has 4 rings (SSSR count). The summed E-state index contributed by atoms with van der Waals surface area (Å²) in [6, 6.07) is 8.94. The average Bonchev–Trinajstić information content (AvgIpc) is 3.35. The monoisotopic (exact) mass is 443 g/mol. The fourth-order valence-corrected chi connectivity index (χ4v) is 4.94. The molecule has 1 aromatic heterocycles. The minimum Gasteiger partial charge on any atom is -0.505 e. The fraction of sp³-hybridized carbons (Fsp3) is 0.333. The Bertz CT molecular complexity index is 1160. The van der Waals surface area contributed by atoms with Gasteiger partial charge in [0.1, 0.15) is 0 Å². The van der Waals surface area contributed by atoms with Crippen LogP contribution in [-0.2, 0) is 4.79 Å². The second-order valence-corrected chi connectivity index (χ2v) is 8.65. The highest BCUT2D eigenvalue weighted by Crippen LogP contribution is 2.41. The van der Waals surface area contributed by atoms with Crippen molar-refractivity contribution in [2.75, 3.05) is 0 Å². The number of rotatable bonds is 5. The van der Waals surface area contributed by atoms with E-state index in [0.29, 0.717) is 22.7 Å². The first kappa shape index (κ1) is 21.4. The average molecular weight is 444 g/mol. The van der Waals surface area contributed by atoms with E-state index in [2.05, 4.69) is 0 Å². The number of carbonyl (C=O) groups is 2. The zero-order chi connectivity index (χ0) is 22.3. The number of phenolic OH excluding ortho intramolecular Hbond substituents is 1. The van der Waals surface area contributed by atoms with Crippen LogP contribution >= 0.6 is 11.6 Å². The van der Waals surface area contributed by atoms with Gasteiger partial charge in [-0.05, 0) is 61.2 Å². The van der Waals surface area contributed by atoms with E-state index in [-0.39, 0.29) is 22.4 Å². The lowest BCUT2D eigenvalue weighted by Crippen LogP contribution is -2.18. The normalized spacial score (nSPS) is 15.5. The second-order valence-electron chi connectivity index (χ2n) is 8.22. The van der Waals surface area contributed by atoms with Gasteiger partial charge in [0.25, 0.3) is 5.91 Å². The highest BCUT2D eigenvalue weighted by molar-refractivity contribution is 6.30. The number of fused-ring (bicyclic) bond motifs is 1. The van der Waals surface area contributed by atoms with Crippen LogP contribution in [-0.4, -0.2) is 26.7 Å². The van der Waals surface area contributed by atoms with Gasteiger partial charge in [-0.2, -0.15) is 0 Å². The van der Waals surface area contributed by atoms with Gasteiger partial charge in [0, 0.05) is 21.7 Å². The third kappa shape index (κ3) is 3.81. The maximum Gasteiger partial charge on any atom is 0.311 e. The van der Waals surface area contributed by atoms with E-state index in [1.165, 1.54) is 16.7 Å². The van der Waals surface area contributed by atoms with Crippen LogP contribution in [0.25, 0.3) is 10.9 Å². The predicted octanol–water partition coefficient (Wildman–Crippen LogP) is 5.88. The number of halogens is 2. The molecule has 1 unspecified atom stereocenters. The van der Waals surface area contributed by atoms with Crippen LogP contribution in [0.4, 0.5) is 4.39 Å². The number of carbonyl (C=O) groups excluding carboxylic acids is 1. The van der Waals surface area contributed by atoms with Gasteiger partial charge >= 0.3 is 5.97 Å². The van der Waals surface area contributed by atoms with E-state index >= 15 is 4.39 Å². The van der Waals surface area contributed by atoms with E-state index in [1.54, 1.807) is 31.2 Å².